The Bertz CT molecular complexity index is 995. The maximum Gasteiger partial charge on any atom is 0.223 e. The smallest absolute Gasteiger partial charge is 0.223 e. The van der Waals surface area contributed by atoms with Crippen LogP contribution < -0.4 is 5.32 Å². The van der Waals surface area contributed by atoms with Crippen LogP contribution in [-0.4, -0.2) is 26.5 Å². The molecular formula is C20H20N2O2S. The van der Waals surface area contributed by atoms with Gasteiger partial charge in [-0.3, -0.25) is 0 Å². The Hall–Kier alpha value is -2.24. The van der Waals surface area contributed by atoms with Crippen molar-refractivity contribution in [1.82, 2.24) is 10.3 Å². The van der Waals surface area contributed by atoms with E-state index in [4.69, 9.17) is 0 Å². The van der Waals surface area contributed by atoms with Gasteiger partial charge in [0, 0.05) is 5.39 Å². The summed E-state index contributed by atoms with van der Waals surface area (Å²) in [4.78, 5) is 4.87. The second-order valence-corrected chi connectivity index (χ2v) is 8.31. The Morgan fingerprint density at radius 3 is 2.40 bits per heavy atom. The average molecular weight is 352 g/mol. The zero-order valence-electron chi connectivity index (χ0n) is 13.9. The Balaban J connectivity index is 1.84. The molecule has 0 radical (unpaired) electrons. The molecule has 2 heterocycles. The highest BCUT2D eigenvalue weighted by molar-refractivity contribution is 7.91. The molecule has 1 saturated heterocycles. The first-order valence-electron chi connectivity index (χ1n) is 8.57. The molecule has 3 aromatic rings. The molecule has 2 aromatic carbocycles. The van der Waals surface area contributed by atoms with E-state index in [1.807, 2.05) is 24.3 Å². The number of sulfone groups is 1. The molecular weight excluding hydrogens is 332 g/mol. The third kappa shape index (κ3) is 3.05. The summed E-state index contributed by atoms with van der Waals surface area (Å²) < 4.78 is 25.8. The lowest BCUT2D eigenvalue weighted by atomic mass is 9.89. The molecule has 1 aromatic heterocycles. The number of pyridine rings is 1. The lowest BCUT2D eigenvalue weighted by Crippen LogP contribution is -2.26. The largest absolute Gasteiger partial charge is 0.317 e. The standard InChI is InChI=1S/C20H20N2O2S/c23-25(24,17-6-2-1-3-7-17)19-10-9-16-5-4-8-18(20(16)22-19)15-11-13-21-14-12-15/h1-10,15,21H,11-14H2. The van der Waals surface area contributed by atoms with Crippen LogP contribution in [0.25, 0.3) is 10.9 Å². The molecule has 0 amide bonds. The summed E-state index contributed by atoms with van der Waals surface area (Å²) in [5, 5.41) is 4.48. The van der Waals surface area contributed by atoms with Crippen LogP contribution in [0.1, 0.15) is 24.3 Å². The van der Waals surface area contributed by atoms with Gasteiger partial charge in [-0.2, -0.15) is 0 Å². The minimum Gasteiger partial charge on any atom is -0.317 e. The van der Waals surface area contributed by atoms with E-state index in [0.717, 1.165) is 42.4 Å². The van der Waals surface area contributed by atoms with Crippen molar-refractivity contribution in [3.63, 3.8) is 0 Å². The first kappa shape index (κ1) is 16.2. The van der Waals surface area contributed by atoms with Gasteiger partial charge in [0.15, 0.2) is 5.03 Å². The quantitative estimate of drug-likeness (QED) is 0.783. The maximum atomic E-state index is 12.9. The summed E-state index contributed by atoms with van der Waals surface area (Å²) in [6.45, 7) is 1.98. The number of piperidine rings is 1. The Kier molecular flexibility index (Phi) is 4.27. The van der Waals surface area contributed by atoms with Gasteiger partial charge >= 0.3 is 0 Å². The normalized spacial score (nSPS) is 16.2. The van der Waals surface area contributed by atoms with Crippen molar-refractivity contribution in [1.29, 1.82) is 0 Å². The first-order valence-corrected chi connectivity index (χ1v) is 10.0. The van der Waals surface area contributed by atoms with Crippen LogP contribution in [0.2, 0.25) is 0 Å². The molecule has 1 aliphatic rings. The van der Waals surface area contributed by atoms with Crippen molar-refractivity contribution in [3.05, 3.63) is 66.2 Å². The van der Waals surface area contributed by atoms with Crippen LogP contribution in [0.4, 0.5) is 0 Å². The van der Waals surface area contributed by atoms with Gasteiger partial charge in [0.25, 0.3) is 0 Å². The highest BCUT2D eigenvalue weighted by Gasteiger charge is 2.22. The summed E-state index contributed by atoms with van der Waals surface area (Å²) in [6.07, 6.45) is 2.10. The molecule has 5 heteroatoms. The molecule has 1 aliphatic heterocycles. The van der Waals surface area contributed by atoms with Gasteiger partial charge in [0.05, 0.1) is 10.4 Å². The molecule has 0 unspecified atom stereocenters. The predicted octanol–water partition coefficient (Wildman–Crippen LogP) is 3.53. The lowest BCUT2D eigenvalue weighted by molar-refractivity contribution is 0.462. The minimum atomic E-state index is -3.60. The molecule has 4 rings (SSSR count). The van der Waals surface area contributed by atoms with Crippen LogP contribution in [0.5, 0.6) is 0 Å². The molecule has 25 heavy (non-hydrogen) atoms. The fourth-order valence-corrected chi connectivity index (χ4v) is 4.70. The van der Waals surface area contributed by atoms with E-state index in [0.29, 0.717) is 5.92 Å². The number of hydrogen-bond acceptors (Lipinski definition) is 4. The van der Waals surface area contributed by atoms with Gasteiger partial charge in [0.1, 0.15) is 0 Å². The molecule has 128 valence electrons. The molecule has 0 atom stereocenters. The minimum absolute atomic E-state index is 0.118. The van der Waals surface area contributed by atoms with Crippen LogP contribution >= 0.6 is 0 Å². The summed E-state index contributed by atoms with van der Waals surface area (Å²) in [5.74, 6) is 0.423. The SMILES string of the molecule is O=S(=O)(c1ccccc1)c1ccc2cccc(C3CCNCC3)c2n1. The fourth-order valence-electron chi connectivity index (χ4n) is 3.48. The Labute approximate surface area is 147 Å². The topological polar surface area (TPSA) is 59.1 Å². The zero-order valence-corrected chi connectivity index (χ0v) is 14.7. The van der Waals surface area contributed by atoms with Crippen molar-refractivity contribution in [2.75, 3.05) is 13.1 Å². The lowest BCUT2D eigenvalue weighted by Gasteiger charge is -2.24. The number of benzene rings is 2. The summed E-state index contributed by atoms with van der Waals surface area (Å²) >= 11 is 0. The Morgan fingerprint density at radius 2 is 1.64 bits per heavy atom. The molecule has 1 fully saturated rings. The van der Waals surface area contributed by atoms with Crippen LogP contribution in [-0.2, 0) is 9.84 Å². The van der Waals surface area contributed by atoms with Crippen LogP contribution in [0.15, 0.2) is 70.6 Å². The third-order valence-electron chi connectivity index (χ3n) is 4.83. The van der Waals surface area contributed by atoms with Crippen molar-refractivity contribution in [2.24, 2.45) is 0 Å². The van der Waals surface area contributed by atoms with Crippen molar-refractivity contribution < 1.29 is 8.42 Å². The summed E-state index contributed by atoms with van der Waals surface area (Å²) in [5.41, 5.74) is 1.97. The highest BCUT2D eigenvalue weighted by Crippen LogP contribution is 2.31. The number of nitrogens with zero attached hydrogens (tertiary/aromatic N) is 1. The van der Waals surface area contributed by atoms with E-state index in [1.165, 1.54) is 0 Å². The summed E-state index contributed by atoms with van der Waals surface area (Å²) in [6, 6.07) is 18.1. The average Bonchev–Trinajstić information content (AvgIpc) is 2.68. The predicted molar refractivity (Wildman–Crippen MR) is 98.5 cm³/mol. The molecule has 0 bridgehead atoms. The maximum absolute atomic E-state index is 12.9. The van der Waals surface area contributed by atoms with Gasteiger partial charge < -0.3 is 5.32 Å². The van der Waals surface area contributed by atoms with E-state index < -0.39 is 9.84 Å². The van der Waals surface area contributed by atoms with E-state index >= 15 is 0 Å². The van der Waals surface area contributed by atoms with Crippen LogP contribution in [0, 0.1) is 0 Å². The number of rotatable bonds is 3. The number of aromatic nitrogens is 1. The molecule has 0 aliphatic carbocycles. The third-order valence-corrected chi connectivity index (χ3v) is 6.50. The second-order valence-electron chi connectivity index (χ2n) is 6.41. The van der Waals surface area contributed by atoms with E-state index in [2.05, 4.69) is 16.4 Å². The van der Waals surface area contributed by atoms with Crippen molar-refractivity contribution in [3.8, 4) is 0 Å². The molecule has 4 nitrogen and oxygen atoms in total. The first-order chi connectivity index (χ1) is 12.2. The van der Waals surface area contributed by atoms with E-state index in [1.54, 1.807) is 30.3 Å². The van der Waals surface area contributed by atoms with Gasteiger partial charge in [-0.05, 0) is 61.7 Å². The van der Waals surface area contributed by atoms with Gasteiger partial charge in [-0.25, -0.2) is 13.4 Å². The fraction of sp³-hybridized carbons (Fsp3) is 0.250. The van der Waals surface area contributed by atoms with Crippen LogP contribution in [0.3, 0.4) is 0 Å². The number of fused-ring (bicyclic) bond motifs is 1. The van der Waals surface area contributed by atoms with E-state index in [9.17, 15) is 8.42 Å². The monoisotopic (exact) mass is 352 g/mol. The Morgan fingerprint density at radius 1 is 0.880 bits per heavy atom. The van der Waals surface area contributed by atoms with Gasteiger partial charge in [-0.15, -0.1) is 0 Å². The molecule has 0 saturated carbocycles. The van der Waals surface area contributed by atoms with Gasteiger partial charge in [0.2, 0.25) is 9.84 Å². The molecule has 1 N–H and O–H groups in total. The van der Waals surface area contributed by atoms with Crippen molar-refractivity contribution >= 4 is 20.7 Å². The highest BCUT2D eigenvalue weighted by atomic mass is 32.2. The number of nitrogens with one attached hydrogen (secondary N) is 1. The van der Waals surface area contributed by atoms with E-state index in [-0.39, 0.29) is 9.92 Å². The summed E-state index contributed by atoms with van der Waals surface area (Å²) in [7, 11) is -3.60. The zero-order chi connectivity index (χ0) is 17.3. The van der Waals surface area contributed by atoms with Crippen molar-refractivity contribution in [2.45, 2.75) is 28.7 Å². The van der Waals surface area contributed by atoms with Gasteiger partial charge in [-0.1, -0.05) is 36.4 Å². The number of hydrogen-bond donors (Lipinski definition) is 1. The number of para-hydroxylation sites is 1. The molecule has 0 spiro atoms. The second kappa shape index (κ2) is 6.58.